The van der Waals surface area contributed by atoms with Crippen LogP contribution in [0.5, 0.6) is 0 Å². The summed E-state index contributed by atoms with van der Waals surface area (Å²) in [5, 5.41) is -4.58. The molecule has 0 fully saturated rings. The Labute approximate surface area is 88.4 Å². The first kappa shape index (κ1) is 15.1. The number of carbonyl (C=O) groups is 1. The molecule has 0 aliphatic heterocycles. The summed E-state index contributed by atoms with van der Waals surface area (Å²) in [6.45, 7) is -1.91. The van der Waals surface area contributed by atoms with E-state index in [9.17, 15) is 30.8 Å². The molecule has 0 aliphatic rings. The van der Waals surface area contributed by atoms with Gasteiger partial charge in [-0.25, -0.2) is 4.79 Å². The Morgan fingerprint density at radius 2 is 1.69 bits per heavy atom. The van der Waals surface area contributed by atoms with Gasteiger partial charge in [-0.05, 0) is 0 Å². The first-order valence-corrected chi connectivity index (χ1v) is 5.08. The average molecular weight is 268 g/mol. The van der Waals surface area contributed by atoms with Crippen LogP contribution in [-0.4, -0.2) is 39.3 Å². The maximum Gasteiger partial charge on any atom is 0.403 e. The van der Waals surface area contributed by atoms with Crippen LogP contribution >= 0.6 is 0 Å². The van der Waals surface area contributed by atoms with Crippen LogP contribution in [0.15, 0.2) is 0 Å². The second kappa shape index (κ2) is 4.53. The second-order valence-electron chi connectivity index (χ2n) is 2.72. The van der Waals surface area contributed by atoms with Crippen molar-refractivity contribution in [1.82, 2.24) is 0 Å². The van der Waals surface area contributed by atoms with Crippen molar-refractivity contribution in [3.05, 3.63) is 0 Å². The third-order valence-corrected chi connectivity index (χ3v) is 2.60. The Hall–Kier alpha value is -0.900. The Morgan fingerprint density at radius 3 is 2.00 bits per heavy atom. The zero-order chi connectivity index (χ0) is 13.2. The molecule has 0 atom stereocenters. The molecular formula is C6H8F4O5S. The predicted octanol–water partition coefficient (Wildman–Crippen LogP) is 0.754. The van der Waals surface area contributed by atoms with Gasteiger partial charge in [-0.15, -0.1) is 0 Å². The van der Waals surface area contributed by atoms with Crippen molar-refractivity contribution in [2.24, 2.45) is 0 Å². The van der Waals surface area contributed by atoms with Crippen LogP contribution in [0.3, 0.4) is 0 Å². The minimum absolute atomic E-state index is 0.123. The highest BCUT2D eigenvalue weighted by Gasteiger charge is 2.48. The summed E-state index contributed by atoms with van der Waals surface area (Å²) in [6.07, 6.45) is 0. The molecule has 0 rings (SSSR count). The smallest absolute Gasteiger partial charge is 0.403 e. The van der Waals surface area contributed by atoms with Crippen LogP contribution < -0.4 is 0 Å². The van der Waals surface area contributed by atoms with E-state index < -0.39 is 33.9 Å². The fraction of sp³-hybridized carbons (Fsp3) is 0.833. The highest BCUT2D eigenvalue weighted by Crippen LogP contribution is 2.24. The van der Waals surface area contributed by atoms with Crippen molar-refractivity contribution in [2.45, 2.75) is 18.1 Å². The van der Waals surface area contributed by atoms with Gasteiger partial charge in [-0.2, -0.15) is 26.0 Å². The fourth-order valence-electron chi connectivity index (χ4n) is 0.470. The van der Waals surface area contributed by atoms with Crippen molar-refractivity contribution < 1.29 is 39.7 Å². The molecular weight excluding hydrogens is 260 g/mol. The molecule has 0 bridgehead atoms. The average Bonchev–Trinajstić information content (AvgIpc) is 2.12. The molecule has 0 aromatic carbocycles. The quantitative estimate of drug-likeness (QED) is 0.418. The monoisotopic (exact) mass is 268 g/mol. The molecule has 96 valence electrons. The van der Waals surface area contributed by atoms with Crippen molar-refractivity contribution in [3.8, 4) is 0 Å². The molecule has 0 amide bonds. The number of rotatable bonds is 5. The van der Waals surface area contributed by atoms with Gasteiger partial charge in [0.1, 0.15) is 0 Å². The molecule has 0 aromatic rings. The summed E-state index contributed by atoms with van der Waals surface area (Å²) in [4.78, 5) is 10.4. The van der Waals surface area contributed by atoms with Gasteiger partial charge in [0.2, 0.25) is 0 Å². The van der Waals surface area contributed by atoms with E-state index in [4.69, 9.17) is 0 Å². The van der Waals surface area contributed by atoms with E-state index in [2.05, 4.69) is 8.92 Å². The summed E-state index contributed by atoms with van der Waals surface area (Å²) in [5.41, 5.74) is 0. The largest absolute Gasteiger partial charge is 0.454 e. The molecule has 0 unspecified atom stereocenters. The predicted molar refractivity (Wildman–Crippen MR) is 42.5 cm³/mol. The number of alkyl halides is 4. The van der Waals surface area contributed by atoms with E-state index in [1.54, 1.807) is 0 Å². The SMILES string of the molecule is COS(=O)(=O)C(F)(F)COC(=O)C(C)(F)F. The van der Waals surface area contributed by atoms with Crippen LogP contribution in [0.2, 0.25) is 0 Å². The van der Waals surface area contributed by atoms with Crippen LogP contribution in [-0.2, 0) is 23.8 Å². The van der Waals surface area contributed by atoms with Gasteiger partial charge in [0.25, 0.3) is 0 Å². The van der Waals surface area contributed by atoms with Crippen LogP contribution in [0.4, 0.5) is 17.6 Å². The summed E-state index contributed by atoms with van der Waals surface area (Å²) in [5.74, 6) is -6.23. The number of esters is 1. The fourth-order valence-corrected chi connectivity index (χ4v) is 0.917. The number of hydrogen-bond donors (Lipinski definition) is 0. The van der Waals surface area contributed by atoms with E-state index in [-0.39, 0.29) is 6.92 Å². The van der Waals surface area contributed by atoms with Crippen LogP contribution in [0.1, 0.15) is 6.92 Å². The normalized spacial score (nSPS) is 13.6. The van der Waals surface area contributed by atoms with Gasteiger partial charge in [0, 0.05) is 6.92 Å². The summed E-state index contributed by atoms with van der Waals surface area (Å²) in [7, 11) is -4.84. The van der Waals surface area contributed by atoms with Gasteiger partial charge in [-0.3, -0.25) is 4.18 Å². The van der Waals surface area contributed by atoms with Gasteiger partial charge in [0.15, 0.2) is 6.61 Å². The zero-order valence-corrected chi connectivity index (χ0v) is 8.98. The number of carbonyl (C=O) groups excluding carboxylic acids is 1. The van der Waals surface area contributed by atoms with Gasteiger partial charge >= 0.3 is 27.3 Å². The van der Waals surface area contributed by atoms with Crippen LogP contribution in [0.25, 0.3) is 0 Å². The van der Waals surface area contributed by atoms with Gasteiger partial charge < -0.3 is 4.74 Å². The van der Waals surface area contributed by atoms with Crippen LogP contribution in [0, 0.1) is 0 Å². The van der Waals surface area contributed by atoms with Crippen molar-refractivity contribution >= 4 is 16.1 Å². The molecule has 0 aromatic heterocycles. The molecule has 0 saturated carbocycles. The van der Waals surface area contributed by atoms with Crippen molar-refractivity contribution in [1.29, 1.82) is 0 Å². The Kier molecular flexibility index (Phi) is 4.28. The van der Waals surface area contributed by atoms with Crippen molar-refractivity contribution in [3.63, 3.8) is 0 Å². The van der Waals surface area contributed by atoms with E-state index in [0.29, 0.717) is 7.11 Å². The van der Waals surface area contributed by atoms with E-state index >= 15 is 0 Å². The molecule has 5 nitrogen and oxygen atoms in total. The van der Waals surface area contributed by atoms with E-state index in [0.717, 1.165) is 0 Å². The van der Waals surface area contributed by atoms with Gasteiger partial charge in [-0.1, -0.05) is 0 Å². The third kappa shape index (κ3) is 3.59. The van der Waals surface area contributed by atoms with Crippen molar-refractivity contribution in [2.75, 3.05) is 13.7 Å². The summed E-state index contributed by atoms with van der Waals surface area (Å²) in [6, 6.07) is 0. The maximum atomic E-state index is 12.7. The Morgan fingerprint density at radius 1 is 1.25 bits per heavy atom. The number of hydrogen-bond acceptors (Lipinski definition) is 5. The minimum Gasteiger partial charge on any atom is -0.454 e. The highest BCUT2D eigenvalue weighted by atomic mass is 32.2. The lowest BCUT2D eigenvalue weighted by Crippen LogP contribution is -2.38. The molecule has 0 aliphatic carbocycles. The molecule has 16 heavy (non-hydrogen) atoms. The second-order valence-corrected chi connectivity index (χ2v) is 4.56. The lowest BCUT2D eigenvalue weighted by Gasteiger charge is -2.16. The highest BCUT2D eigenvalue weighted by molar-refractivity contribution is 7.87. The Bertz CT molecular complexity index is 358. The van der Waals surface area contributed by atoms with E-state index in [1.165, 1.54) is 0 Å². The topological polar surface area (TPSA) is 69.7 Å². The number of ether oxygens (including phenoxy) is 1. The number of halogens is 4. The molecule has 0 spiro atoms. The molecule has 10 heteroatoms. The molecule has 0 N–H and O–H groups in total. The lowest BCUT2D eigenvalue weighted by molar-refractivity contribution is -0.174. The first-order chi connectivity index (χ1) is 6.94. The molecule has 0 saturated heterocycles. The lowest BCUT2D eigenvalue weighted by atomic mass is 10.4. The Balaban J connectivity index is 4.60. The van der Waals surface area contributed by atoms with E-state index in [1.807, 2.05) is 0 Å². The zero-order valence-electron chi connectivity index (χ0n) is 8.17. The first-order valence-electron chi connectivity index (χ1n) is 3.67. The van der Waals surface area contributed by atoms with Gasteiger partial charge in [0.05, 0.1) is 7.11 Å². The molecule has 0 radical (unpaired) electrons. The standard InChI is InChI=1S/C6H8F4O5S/c1-5(7,8)4(11)15-3-6(9,10)16(12,13)14-2/h3H2,1-2H3. The summed E-state index contributed by atoms with van der Waals surface area (Å²) < 4.78 is 77.8. The maximum absolute atomic E-state index is 12.7. The minimum atomic E-state index is -5.29. The summed E-state index contributed by atoms with van der Waals surface area (Å²) >= 11 is 0. The molecule has 0 heterocycles. The third-order valence-electron chi connectivity index (χ3n) is 1.31.